The number of piperidine rings is 1. The maximum Gasteiger partial charge on any atom is 0.335 e. The number of hydrogen-bond acceptors (Lipinski definition) is 8. The van der Waals surface area contributed by atoms with E-state index >= 15 is 0 Å². The van der Waals surface area contributed by atoms with Crippen LogP contribution >= 0.6 is 0 Å². The zero-order chi connectivity index (χ0) is 29.9. The summed E-state index contributed by atoms with van der Waals surface area (Å²) in [5.74, 6) is 1.49. The molecule has 10 nitrogen and oxygen atoms in total. The van der Waals surface area contributed by atoms with Crippen LogP contribution in [0.2, 0.25) is 0 Å². The van der Waals surface area contributed by atoms with E-state index in [-0.39, 0.29) is 24.1 Å². The summed E-state index contributed by atoms with van der Waals surface area (Å²) in [7, 11) is 1.58. The highest BCUT2D eigenvalue weighted by molar-refractivity contribution is 5.94. The summed E-state index contributed by atoms with van der Waals surface area (Å²) in [5, 5.41) is 9.52. The highest BCUT2D eigenvalue weighted by Gasteiger charge is 2.26. The van der Waals surface area contributed by atoms with Crippen LogP contribution in [0.3, 0.4) is 0 Å². The fraction of sp³-hybridized carbons (Fsp3) is 0.394. The molecule has 10 heteroatoms. The molecule has 4 aromatic rings. The zero-order valence-corrected chi connectivity index (χ0v) is 24.5. The molecular weight excluding hydrogens is 548 g/mol. The Kier molecular flexibility index (Phi) is 8.40. The van der Waals surface area contributed by atoms with Crippen LogP contribution in [0.15, 0.2) is 54.6 Å². The average Bonchev–Trinajstić information content (AvgIpc) is 3.33. The number of benzene rings is 2. The molecule has 2 aromatic heterocycles. The standard InChI is InChI=1S/C33H36N4O6/c1-21(38)23-6-7-25(30(17-23)41-2)20-43-32-5-3-4-27(35-32)22-10-13-36(14-11-22)19-31-34-28-9-8-24(33(39)40)16-29(28)37(31)18-26-12-15-42-26/h3-9,16-17,22,26H,10-15,18-20H2,1-2H3,(H,39,40). The van der Waals surface area contributed by atoms with Gasteiger partial charge in [-0.2, -0.15) is 0 Å². The fourth-order valence-corrected chi connectivity index (χ4v) is 5.82. The number of likely N-dealkylation sites (tertiary alicyclic amines) is 1. The second kappa shape index (κ2) is 12.5. The Bertz CT molecular complexity index is 1640. The molecule has 0 aliphatic carbocycles. The molecule has 0 spiro atoms. The molecule has 2 aromatic carbocycles. The minimum absolute atomic E-state index is 0.0116. The molecule has 2 saturated heterocycles. The third kappa shape index (κ3) is 6.40. The minimum atomic E-state index is -0.940. The average molecular weight is 585 g/mol. The van der Waals surface area contributed by atoms with E-state index in [2.05, 4.69) is 15.5 Å². The molecule has 224 valence electrons. The quantitative estimate of drug-likeness (QED) is 0.241. The number of aromatic nitrogens is 3. The van der Waals surface area contributed by atoms with Crippen LogP contribution in [-0.2, 0) is 24.4 Å². The van der Waals surface area contributed by atoms with Gasteiger partial charge in [-0.25, -0.2) is 14.8 Å². The van der Waals surface area contributed by atoms with E-state index in [9.17, 15) is 14.7 Å². The predicted octanol–water partition coefficient (Wildman–Crippen LogP) is 5.09. The van der Waals surface area contributed by atoms with Gasteiger partial charge in [0.25, 0.3) is 0 Å². The van der Waals surface area contributed by atoms with Crippen molar-refractivity contribution in [3.63, 3.8) is 0 Å². The van der Waals surface area contributed by atoms with Gasteiger partial charge in [-0.3, -0.25) is 9.69 Å². The number of nitrogens with zero attached hydrogens (tertiary/aromatic N) is 4. The number of ether oxygens (including phenoxy) is 3. The van der Waals surface area contributed by atoms with Crippen molar-refractivity contribution in [2.75, 3.05) is 26.8 Å². The number of pyridine rings is 1. The number of rotatable bonds is 11. The van der Waals surface area contributed by atoms with E-state index in [0.29, 0.717) is 36.2 Å². The molecule has 2 aliphatic heterocycles. The normalized spacial score (nSPS) is 17.5. The maximum absolute atomic E-state index is 11.7. The first-order valence-electron chi connectivity index (χ1n) is 14.7. The molecule has 0 radical (unpaired) electrons. The molecule has 6 rings (SSSR count). The number of carbonyl (C=O) groups excluding carboxylic acids is 1. The van der Waals surface area contributed by atoms with Crippen molar-refractivity contribution in [3.05, 3.63) is 82.8 Å². The Morgan fingerprint density at radius 3 is 2.51 bits per heavy atom. The van der Waals surface area contributed by atoms with Crippen LogP contribution < -0.4 is 9.47 Å². The van der Waals surface area contributed by atoms with Crippen molar-refractivity contribution in [2.45, 2.75) is 57.9 Å². The number of ketones is 1. The van der Waals surface area contributed by atoms with Gasteiger partial charge < -0.3 is 23.9 Å². The van der Waals surface area contributed by atoms with E-state index in [1.807, 2.05) is 18.2 Å². The molecule has 2 fully saturated rings. The maximum atomic E-state index is 11.7. The first-order valence-corrected chi connectivity index (χ1v) is 14.7. The smallest absolute Gasteiger partial charge is 0.335 e. The topological polar surface area (TPSA) is 116 Å². The Hall–Kier alpha value is -4.28. The number of methoxy groups -OCH3 is 1. The lowest BCUT2D eigenvalue weighted by atomic mass is 9.93. The summed E-state index contributed by atoms with van der Waals surface area (Å²) in [5.41, 5.74) is 4.38. The number of carboxylic acids is 1. The van der Waals surface area contributed by atoms with Crippen molar-refractivity contribution in [3.8, 4) is 11.6 Å². The van der Waals surface area contributed by atoms with Gasteiger partial charge in [0, 0.05) is 35.4 Å². The Morgan fingerprint density at radius 1 is 1.02 bits per heavy atom. The van der Waals surface area contributed by atoms with Crippen molar-refractivity contribution in [1.82, 2.24) is 19.4 Å². The molecule has 1 N–H and O–H groups in total. The van der Waals surface area contributed by atoms with Gasteiger partial charge in [0.05, 0.1) is 42.9 Å². The highest BCUT2D eigenvalue weighted by Crippen LogP contribution is 2.30. The number of carboxylic acid groups (broad SMARTS) is 1. The van der Waals surface area contributed by atoms with E-state index in [4.69, 9.17) is 24.2 Å². The summed E-state index contributed by atoms with van der Waals surface area (Å²) >= 11 is 0. The van der Waals surface area contributed by atoms with Crippen LogP contribution in [0.4, 0.5) is 0 Å². The van der Waals surface area contributed by atoms with Gasteiger partial charge in [0.2, 0.25) is 5.88 Å². The molecular formula is C33H36N4O6. The van der Waals surface area contributed by atoms with Crippen molar-refractivity contribution < 1.29 is 28.9 Å². The van der Waals surface area contributed by atoms with Crippen LogP contribution in [-0.4, -0.2) is 69.2 Å². The fourth-order valence-electron chi connectivity index (χ4n) is 5.82. The summed E-state index contributed by atoms with van der Waals surface area (Å²) in [6.07, 6.45) is 3.06. The monoisotopic (exact) mass is 584 g/mol. The molecule has 0 amide bonds. The lowest BCUT2D eigenvalue weighted by molar-refractivity contribution is -0.0592. The number of fused-ring (bicyclic) bond motifs is 1. The molecule has 4 heterocycles. The number of aromatic carboxylic acids is 1. The molecule has 1 atom stereocenters. The van der Waals surface area contributed by atoms with Gasteiger partial charge >= 0.3 is 5.97 Å². The van der Waals surface area contributed by atoms with Crippen LogP contribution in [0.25, 0.3) is 11.0 Å². The molecule has 2 aliphatic rings. The lowest BCUT2D eigenvalue weighted by Gasteiger charge is -2.32. The number of carbonyl (C=O) groups is 2. The lowest BCUT2D eigenvalue weighted by Crippen LogP contribution is -2.35. The van der Waals surface area contributed by atoms with Gasteiger partial charge in [0.15, 0.2) is 5.78 Å². The van der Waals surface area contributed by atoms with Crippen LogP contribution in [0, 0.1) is 0 Å². The third-order valence-electron chi connectivity index (χ3n) is 8.44. The van der Waals surface area contributed by atoms with Crippen LogP contribution in [0.5, 0.6) is 11.6 Å². The van der Waals surface area contributed by atoms with E-state index in [0.717, 1.165) is 67.1 Å². The Morgan fingerprint density at radius 2 is 1.81 bits per heavy atom. The summed E-state index contributed by atoms with van der Waals surface area (Å²) in [6, 6.07) is 16.4. The Labute approximate surface area is 250 Å². The first-order chi connectivity index (χ1) is 20.9. The van der Waals surface area contributed by atoms with Crippen molar-refractivity contribution in [1.29, 1.82) is 0 Å². The Balaban J connectivity index is 1.10. The van der Waals surface area contributed by atoms with Gasteiger partial charge in [-0.1, -0.05) is 18.2 Å². The molecule has 0 bridgehead atoms. The number of hydrogen-bond donors (Lipinski definition) is 1. The van der Waals surface area contributed by atoms with E-state index < -0.39 is 5.97 Å². The number of Topliss-reactive ketones (excluding diaryl/α,β-unsaturated/α-hetero) is 1. The third-order valence-corrected chi connectivity index (χ3v) is 8.44. The zero-order valence-electron chi connectivity index (χ0n) is 24.5. The molecule has 0 saturated carbocycles. The van der Waals surface area contributed by atoms with Gasteiger partial charge in [-0.05, 0) is 69.6 Å². The summed E-state index contributed by atoms with van der Waals surface area (Å²) in [4.78, 5) is 35.4. The first kappa shape index (κ1) is 28.8. The number of imidazole rings is 1. The second-order valence-electron chi connectivity index (χ2n) is 11.3. The van der Waals surface area contributed by atoms with E-state index in [1.54, 1.807) is 37.4 Å². The van der Waals surface area contributed by atoms with Crippen molar-refractivity contribution >= 4 is 22.8 Å². The van der Waals surface area contributed by atoms with Gasteiger partial charge in [-0.15, -0.1) is 0 Å². The summed E-state index contributed by atoms with van der Waals surface area (Å²) in [6.45, 7) is 5.76. The van der Waals surface area contributed by atoms with E-state index in [1.165, 1.54) is 6.92 Å². The van der Waals surface area contributed by atoms with Gasteiger partial charge in [0.1, 0.15) is 18.2 Å². The second-order valence-corrected chi connectivity index (χ2v) is 11.3. The SMILES string of the molecule is COc1cc(C(C)=O)ccc1COc1cccc(C2CCN(Cc3nc4ccc(C(=O)O)cc4n3CC3CCO3)CC2)n1. The molecule has 43 heavy (non-hydrogen) atoms. The minimum Gasteiger partial charge on any atom is -0.496 e. The largest absolute Gasteiger partial charge is 0.496 e. The molecule has 1 unspecified atom stereocenters. The predicted molar refractivity (Wildman–Crippen MR) is 160 cm³/mol. The summed E-state index contributed by atoms with van der Waals surface area (Å²) < 4.78 is 19.3. The highest BCUT2D eigenvalue weighted by atomic mass is 16.5. The van der Waals surface area contributed by atoms with Crippen LogP contribution in [0.1, 0.15) is 69.9 Å². The van der Waals surface area contributed by atoms with Crippen molar-refractivity contribution in [2.24, 2.45) is 0 Å².